The molecule has 0 spiro atoms. The lowest BCUT2D eigenvalue weighted by Gasteiger charge is -2.15. The normalized spacial score (nSPS) is 15.8. The molecule has 2 N–H and O–H groups in total. The molecule has 5 rings (SSSR count). The molecule has 12 heteroatoms. The molecule has 0 radical (unpaired) electrons. The molecule has 1 atom stereocenters. The van der Waals surface area contributed by atoms with Gasteiger partial charge in [-0.3, -0.25) is 9.48 Å². The summed E-state index contributed by atoms with van der Waals surface area (Å²) in [7, 11) is 3.16. The number of hydrogen-bond donors (Lipinski definition) is 2. The van der Waals surface area contributed by atoms with Crippen LogP contribution in [0.4, 0.5) is 19.0 Å². The largest absolute Gasteiger partial charge is 0.379 e. The number of rotatable bonds is 6. The van der Waals surface area contributed by atoms with Crippen LogP contribution < -0.4 is 10.6 Å². The Morgan fingerprint density at radius 2 is 2.00 bits per heavy atom. The summed E-state index contributed by atoms with van der Waals surface area (Å²) < 4.78 is 51.0. The zero-order valence-electron chi connectivity index (χ0n) is 18.9. The summed E-state index contributed by atoms with van der Waals surface area (Å²) in [5, 5.41) is 14.3. The number of amides is 1. The van der Waals surface area contributed by atoms with Crippen molar-refractivity contribution in [3.05, 3.63) is 53.9 Å². The Balaban J connectivity index is 1.70. The molecule has 1 saturated heterocycles. The number of fused-ring (bicyclic) bond motifs is 1. The minimum Gasteiger partial charge on any atom is -0.379 e. The van der Waals surface area contributed by atoms with Crippen LogP contribution in [0.5, 0.6) is 0 Å². The molecule has 4 heterocycles. The summed E-state index contributed by atoms with van der Waals surface area (Å²) in [5.41, 5.74) is 0.771. The summed E-state index contributed by atoms with van der Waals surface area (Å²) in [6.45, 7) is 1.12. The lowest BCUT2D eigenvalue weighted by atomic mass is 10.00. The van der Waals surface area contributed by atoms with Gasteiger partial charge in [-0.05, 0) is 18.6 Å². The molecule has 1 aromatic carbocycles. The van der Waals surface area contributed by atoms with Gasteiger partial charge in [0, 0.05) is 60.9 Å². The summed E-state index contributed by atoms with van der Waals surface area (Å²) in [5.74, 6) is -1.24. The summed E-state index contributed by atoms with van der Waals surface area (Å²) >= 11 is 0. The first-order chi connectivity index (χ1) is 16.9. The molecule has 0 bridgehead atoms. The van der Waals surface area contributed by atoms with Crippen LogP contribution >= 0.6 is 0 Å². The molecular formula is C23H22F3N7O2. The highest BCUT2D eigenvalue weighted by atomic mass is 19.3. The number of nitrogens with one attached hydrogen (secondary N) is 2. The van der Waals surface area contributed by atoms with Crippen LogP contribution in [0.1, 0.15) is 28.8 Å². The van der Waals surface area contributed by atoms with Crippen molar-refractivity contribution in [1.29, 1.82) is 0 Å². The van der Waals surface area contributed by atoms with Crippen LogP contribution in [0.3, 0.4) is 0 Å². The molecule has 1 aliphatic heterocycles. The van der Waals surface area contributed by atoms with Gasteiger partial charge in [-0.1, -0.05) is 0 Å². The van der Waals surface area contributed by atoms with E-state index < -0.39 is 23.7 Å². The van der Waals surface area contributed by atoms with Gasteiger partial charge >= 0.3 is 0 Å². The highest BCUT2D eigenvalue weighted by Crippen LogP contribution is 2.35. The Morgan fingerprint density at radius 1 is 1.17 bits per heavy atom. The third-order valence-electron chi connectivity index (χ3n) is 5.90. The number of carbonyl (C=O) groups is 1. The maximum Gasteiger partial charge on any atom is 0.266 e. The van der Waals surface area contributed by atoms with Gasteiger partial charge in [-0.2, -0.15) is 10.2 Å². The van der Waals surface area contributed by atoms with E-state index in [0.29, 0.717) is 24.6 Å². The molecule has 9 nitrogen and oxygen atoms in total. The van der Waals surface area contributed by atoms with Crippen molar-refractivity contribution in [2.45, 2.75) is 18.9 Å². The zero-order valence-corrected chi connectivity index (χ0v) is 18.9. The van der Waals surface area contributed by atoms with Crippen molar-refractivity contribution in [2.24, 2.45) is 7.05 Å². The molecule has 0 aliphatic carbocycles. The second-order valence-electron chi connectivity index (χ2n) is 8.24. The van der Waals surface area contributed by atoms with Gasteiger partial charge in [0.15, 0.2) is 5.65 Å². The summed E-state index contributed by atoms with van der Waals surface area (Å²) in [4.78, 5) is 16.9. The first-order valence-electron chi connectivity index (χ1n) is 10.9. The molecule has 35 heavy (non-hydrogen) atoms. The van der Waals surface area contributed by atoms with E-state index in [1.807, 2.05) is 6.20 Å². The van der Waals surface area contributed by atoms with Gasteiger partial charge in [0.25, 0.3) is 12.3 Å². The van der Waals surface area contributed by atoms with Crippen molar-refractivity contribution >= 4 is 17.4 Å². The van der Waals surface area contributed by atoms with Crippen molar-refractivity contribution in [3.8, 4) is 22.3 Å². The molecule has 1 fully saturated rings. The predicted octanol–water partition coefficient (Wildman–Crippen LogP) is 3.43. The number of benzene rings is 1. The van der Waals surface area contributed by atoms with E-state index in [4.69, 9.17) is 9.72 Å². The Morgan fingerprint density at radius 3 is 2.66 bits per heavy atom. The maximum atomic E-state index is 15.2. The zero-order chi connectivity index (χ0) is 24.7. The van der Waals surface area contributed by atoms with E-state index in [9.17, 15) is 13.6 Å². The fourth-order valence-electron chi connectivity index (χ4n) is 4.10. The molecule has 3 aromatic heterocycles. The quantitative estimate of drug-likeness (QED) is 0.434. The molecule has 182 valence electrons. The topological polar surface area (TPSA) is 98.4 Å². The number of alkyl halides is 2. The number of aryl methyl sites for hydroxylation is 1. The second-order valence-corrected chi connectivity index (χ2v) is 8.24. The number of hydrogen-bond acceptors (Lipinski definition) is 6. The Hall–Kier alpha value is -3.93. The smallest absolute Gasteiger partial charge is 0.266 e. The van der Waals surface area contributed by atoms with E-state index in [1.54, 1.807) is 24.1 Å². The van der Waals surface area contributed by atoms with E-state index in [-0.39, 0.29) is 28.4 Å². The number of nitrogens with zero attached hydrogens (tertiary/aromatic N) is 5. The highest BCUT2D eigenvalue weighted by Gasteiger charge is 2.25. The average Bonchev–Trinajstić information content (AvgIpc) is 3.59. The van der Waals surface area contributed by atoms with E-state index >= 15 is 4.39 Å². The van der Waals surface area contributed by atoms with Crippen molar-refractivity contribution in [2.75, 3.05) is 25.6 Å². The van der Waals surface area contributed by atoms with Crippen LogP contribution in [-0.2, 0) is 11.8 Å². The summed E-state index contributed by atoms with van der Waals surface area (Å²) in [6.07, 6.45) is 4.25. The maximum absolute atomic E-state index is 15.2. The number of carbonyl (C=O) groups excluding carboxylic acids is 1. The number of anilines is 1. The minimum absolute atomic E-state index is 0.0190. The SMILES string of the molecule is CNC(=O)c1cc(-c2cnn3cc(-c4cnn(C)c4)c(NC4CCOC4)nc23)c(F)c(C(F)F)c1. The Labute approximate surface area is 197 Å². The van der Waals surface area contributed by atoms with E-state index in [2.05, 4.69) is 20.8 Å². The molecule has 4 aromatic rings. The van der Waals surface area contributed by atoms with Gasteiger partial charge in [0.1, 0.15) is 11.6 Å². The van der Waals surface area contributed by atoms with Crippen LogP contribution in [0, 0.1) is 5.82 Å². The Kier molecular flexibility index (Phi) is 5.89. The van der Waals surface area contributed by atoms with Gasteiger partial charge < -0.3 is 15.4 Å². The molecule has 0 saturated carbocycles. The monoisotopic (exact) mass is 485 g/mol. The van der Waals surface area contributed by atoms with Crippen molar-refractivity contribution in [1.82, 2.24) is 29.7 Å². The van der Waals surface area contributed by atoms with Gasteiger partial charge in [-0.15, -0.1) is 0 Å². The lowest BCUT2D eigenvalue weighted by Crippen LogP contribution is -2.20. The van der Waals surface area contributed by atoms with Crippen LogP contribution in [0.15, 0.2) is 36.9 Å². The van der Waals surface area contributed by atoms with Crippen molar-refractivity contribution in [3.63, 3.8) is 0 Å². The first kappa shape index (κ1) is 22.8. The molecule has 1 unspecified atom stereocenters. The van der Waals surface area contributed by atoms with Crippen LogP contribution in [0.2, 0.25) is 0 Å². The third-order valence-corrected chi connectivity index (χ3v) is 5.90. The van der Waals surface area contributed by atoms with E-state index in [0.717, 1.165) is 18.1 Å². The molecule has 1 amide bonds. The average molecular weight is 485 g/mol. The highest BCUT2D eigenvalue weighted by molar-refractivity contribution is 5.96. The van der Waals surface area contributed by atoms with Crippen LogP contribution in [0.25, 0.3) is 27.9 Å². The van der Waals surface area contributed by atoms with E-state index in [1.165, 1.54) is 23.8 Å². The number of halogens is 3. The van der Waals surface area contributed by atoms with Gasteiger partial charge in [-0.25, -0.2) is 22.7 Å². The second kappa shape index (κ2) is 9.02. The minimum atomic E-state index is -3.11. The Bertz CT molecular complexity index is 1410. The molecular weight excluding hydrogens is 463 g/mol. The van der Waals surface area contributed by atoms with Gasteiger partial charge in [0.2, 0.25) is 0 Å². The number of aromatic nitrogens is 5. The predicted molar refractivity (Wildman–Crippen MR) is 122 cm³/mol. The van der Waals surface area contributed by atoms with Crippen LogP contribution in [-0.4, -0.2) is 56.6 Å². The standard InChI is InChI=1S/C23H22F3N7O2/c1-27-23(34)12-5-15(19(24)16(6-12)20(25)26)17-8-29-33-10-18(13-7-28-32(2)9-13)21(31-22(17)33)30-14-3-4-35-11-14/h5-10,14,20H,3-4,11H2,1-2H3,(H,27,34)(H,30,31). The first-order valence-corrected chi connectivity index (χ1v) is 10.9. The fourth-order valence-corrected chi connectivity index (χ4v) is 4.10. The molecule has 1 aliphatic rings. The van der Waals surface area contributed by atoms with Gasteiger partial charge in [0.05, 0.1) is 30.6 Å². The number of ether oxygens (including phenoxy) is 1. The third kappa shape index (κ3) is 4.20. The summed E-state index contributed by atoms with van der Waals surface area (Å²) in [6, 6.07) is 2.10. The van der Waals surface area contributed by atoms with Crippen molar-refractivity contribution < 1.29 is 22.7 Å². The fraction of sp³-hybridized carbons (Fsp3) is 0.304. The lowest BCUT2D eigenvalue weighted by molar-refractivity contribution is 0.0962.